The molecule has 0 rings (SSSR count). The van der Waals surface area contributed by atoms with E-state index in [2.05, 4.69) is 87.6 Å². The van der Waals surface area contributed by atoms with E-state index in [0.29, 0.717) is 25.9 Å². The summed E-state index contributed by atoms with van der Waals surface area (Å²) >= 11 is 0. The van der Waals surface area contributed by atoms with Gasteiger partial charge in [-0.1, -0.05) is 306 Å². The van der Waals surface area contributed by atoms with Crippen molar-refractivity contribution in [3.05, 3.63) is 72.9 Å². The molecule has 406 valence electrons. The van der Waals surface area contributed by atoms with Crippen molar-refractivity contribution in [2.45, 2.75) is 309 Å². The van der Waals surface area contributed by atoms with Crippen LogP contribution in [0.1, 0.15) is 303 Å². The van der Waals surface area contributed by atoms with E-state index >= 15 is 0 Å². The van der Waals surface area contributed by atoms with Gasteiger partial charge in [0.05, 0.1) is 6.61 Å². The summed E-state index contributed by atoms with van der Waals surface area (Å²) in [6.07, 6.45) is 79.5. The van der Waals surface area contributed by atoms with E-state index in [1.165, 1.54) is 199 Å². The third-order valence-electron chi connectivity index (χ3n) is 13.3. The van der Waals surface area contributed by atoms with Gasteiger partial charge in [0, 0.05) is 19.4 Å². The fourth-order valence-electron chi connectivity index (χ4n) is 8.77. The minimum atomic E-state index is -0.566. The maximum atomic E-state index is 12.9. The van der Waals surface area contributed by atoms with Crippen LogP contribution in [-0.4, -0.2) is 37.9 Å². The Kier molecular flexibility index (Phi) is 58.3. The minimum Gasteiger partial charge on any atom is -0.462 e. The number of ether oxygens (including phenoxy) is 3. The Labute approximate surface area is 436 Å². The lowest BCUT2D eigenvalue weighted by Gasteiger charge is -2.18. The van der Waals surface area contributed by atoms with Gasteiger partial charge in [-0.15, -0.1) is 0 Å². The number of rotatable bonds is 56. The van der Waals surface area contributed by atoms with E-state index in [4.69, 9.17) is 14.2 Å². The van der Waals surface area contributed by atoms with E-state index in [1.54, 1.807) is 0 Å². The summed E-state index contributed by atoms with van der Waals surface area (Å²) in [4.78, 5) is 25.5. The smallest absolute Gasteiger partial charge is 0.306 e. The molecule has 5 nitrogen and oxygen atoms in total. The van der Waals surface area contributed by atoms with Crippen LogP contribution in [0.2, 0.25) is 0 Å². The van der Waals surface area contributed by atoms with Crippen molar-refractivity contribution in [2.75, 3.05) is 19.8 Å². The highest BCUT2D eigenvalue weighted by molar-refractivity contribution is 5.70. The molecule has 0 heterocycles. The summed E-state index contributed by atoms with van der Waals surface area (Å²) in [6, 6.07) is 0. The molecule has 0 aliphatic carbocycles. The van der Waals surface area contributed by atoms with Crippen molar-refractivity contribution in [3.8, 4) is 0 Å². The lowest BCUT2D eigenvalue weighted by atomic mass is 10.0. The van der Waals surface area contributed by atoms with E-state index in [1.807, 2.05) is 6.08 Å². The van der Waals surface area contributed by atoms with Crippen LogP contribution < -0.4 is 0 Å². The van der Waals surface area contributed by atoms with E-state index in [9.17, 15) is 9.59 Å². The first-order chi connectivity index (χ1) is 34.6. The molecule has 0 N–H and O–H groups in total. The Morgan fingerprint density at radius 3 is 1.00 bits per heavy atom. The summed E-state index contributed by atoms with van der Waals surface area (Å²) in [7, 11) is 0. The van der Waals surface area contributed by atoms with E-state index in [0.717, 1.165) is 64.2 Å². The number of allylic oxidation sites excluding steroid dienone is 12. The van der Waals surface area contributed by atoms with Crippen molar-refractivity contribution in [1.82, 2.24) is 0 Å². The number of hydrogen-bond donors (Lipinski definition) is 0. The fourth-order valence-corrected chi connectivity index (χ4v) is 8.77. The first-order valence-corrected chi connectivity index (χ1v) is 30.5. The summed E-state index contributed by atoms with van der Waals surface area (Å²) in [5, 5.41) is 0. The zero-order valence-corrected chi connectivity index (χ0v) is 46.8. The van der Waals surface area contributed by atoms with Gasteiger partial charge in [-0.05, 0) is 57.8 Å². The molecule has 0 spiro atoms. The predicted octanol–water partition coefficient (Wildman–Crippen LogP) is 21.0. The number of carbonyl (C=O) groups excluding carboxylic acids is 2. The second kappa shape index (κ2) is 60.6. The lowest BCUT2D eigenvalue weighted by molar-refractivity contribution is -0.162. The SMILES string of the molecule is CC/C=C\C/C=C\C/C=C\C/C=C\C/C=C\C/C=C\CCC(=O)OCC(COCCCCCCCCCCCCCCCCCCCC)OC(=O)CCCCCCCCCCCCCCCCCCC. The van der Waals surface area contributed by atoms with Crippen molar-refractivity contribution in [1.29, 1.82) is 0 Å². The van der Waals surface area contributed by atoms with E-state index in [-0.39, 0.29) is 25.2 Å². The molecule has 0 aromatic heterocycles. The van der Waals surface area contributed by atoms with Crippen LogP contribution in [0.4, 0.5) is 0 Å². The summed E-state index contributed by atoms with van der Waals surface area (Å²) in [5.74, 6) is -0.478. The number of hydrogen-bond acceptors (Lipinski definition) is 5. The average molecular weight is 978 g/mol. The first-order valence-electron chi connectivity index (χ1n) is 30.5. The highest BCUT2D eigenvalue weighted by Crippen LogP contribution is 2.17. The molecule has 1 atom stereocenters. The first kappa shape index (κ1) is 67.3. The standard InChI is InChI=1S/C65H116O5/c1-4-7-10-13-16-19-22-25-28-31-33-35-37-40-43-46-49-52-55-58-64(66)69-62-63(61-68-60-57-54-51-48-45-42-39-36-32-29-26-23-20-17-14-11-8-5-2)70-65(67)59-56-53-50-47-44-41-38-34-30-27-24-21-18-15-12-9-6-3/h7,10,16,19,25,28,33,35,40,43,49,52,63H,4-6,8-9,11-15,17-18,20-24,26-27,29-32,34,36-39,41-42,44-48,50-51,53-62H2,1-3H3/b10-7-,19-16-,28-25-,35-33-,43-40-,52-49-. The molecule has 0 aliphatic rings. The predicted molar refractivity (Wildman–Crippen MR) is 307 cm³/mol. The van der Waals surface area contributed by atoms with Crippen molar-refractivity contribution < 1.29 is 23.8 Å². The normalized spacial score (nSPS) is 12.7. The van der Waals surface area contributed by atoms with Crippen LogP contribution in [0.15, 0.2) is 72.9 Å². The molecule has 0 amide bonds. The lowest BCUT2D eigenvalue weighted by Crippen LogP contribution is -2.30. The van der Waals surface area contributed by atoms with Crippen LogP contribution in [0.3, 0.4) is 0 Å². The molecule has 0 aromatic carbocycles. The zero-order valence-electron chi connectivity index (χ0n) is 46.8. The van der Waals surface area contributed by atoms with Gasteiger partial charge in [-0.2, -0.15) is 0 Å². The van der Waals surface area contributed by atoms with Crippen molar-refractivity contribution >= 4 is 11.9 Å². The molecule has 0 saturated carbocycles. The van der Waals surface area contributed by atoms with Crippen LogP contribution in [0.25, 0.3) is 0 Å². The maximum Gasteiger partial charge on any atom is 0.306 e. The molecule has 70 heavy (non-hydrogen) atoms. The van der Waals surface area contributed by atoms with Gasteiger partial charge >= 0.3 is 11.9 Å². The molecule has 0 fully saturated rings. The van der Waals surface area contributed by atoms with Crippen LogP contribution in [0.5, 0.6) is 0 Å². The van der Waals surface area contributed by atoms with Crippen LogP contribution in [-0.2, 0) is 23.8 Å². The maximum absolute atomic E-state index is 12.9. The topological polar surface area (TPSA) is 61.8 Å². The number of unbranched alkanes of at least 4 members (excludes halogenated alkanes) is 33. The molecule has 0 aromatic rings. The Balaban J connectivity index is 4.35. The van der Waals surface area contributed by atoms with Gasteiger partial charge in [-0.25, -0.2) is 0 Å². The molecule has 1 unspecified atom stereocenters. The van der Waals surface area contributed by atoms with Gasteiger partial charge in [0.1, 0.15) is 6.61 Å². The highest BCUT2D eigenvalue weighted by atomic mass is 16.6. The Bertz CT molecular complexity index is 1240. The van der Waals surface area contributed by atoms with Gasteiger partial charge in [0.25, 0.3) is 0 Å². The quantitative estimate of drug-likeness (QED) is 0.0345. The third-order valence-corrected chi connectivity index (χ3v) is 13.3. The van der Waals surface area contributed by atoms with Gasteiger partial charge in [0.15, 0.2) is 6.10 Å². The number of esters is 2. The van der Waals surface area contributed by atoms with Gasteiger partial charge in [0.2, 0.25) is 0 Å². The Morgan fingerprint density at radius 1 is 0.329 bits per heavy atom. The van der Waals surface area contributed by atoms with Crippen molar-refractivity contribution in [2.24, 2.45) is 0 Å². The highest BCUT2D eigenvalue weighted by Gasteiger charge is 2.17. The average Bonchev–Trinajstić information content (AvgIpc) is 3.36. The summed E-state index contributed by atoms with van der Waals surface area (Å²) < 4.78 is 17.5. The minimum absolute atomic E-state index is 0.0481. The molecule has 0 bridgehead atoms. The molecular formula is C65H116O5. The number of carbonyl (C=O) groups is 2. The monoisotopic (exact) mass is 977 g/mol. The Hall–Kier alpha value is -2.66. The van der Waals surface area contributed by atoms with Crippen LogP contribution in [0, 0.1) is 0 Å². The molecule has 0 radical (unpaired) electrons. The molecule has 0 saturated heterocycles. The van der Waals surface area contributed by atoms with Crippen molar-refractivity contribution in [3.63, 3.8) is 0 Å². The Morgan fingerprint density at radius 2 is 0.643 bits per heavy atom. The fraction of sp³-hybridized carbons (Fsp3) is 0.785. The second-order valence-electron chi connectivity index (χ2n) is 20.2. The summed E-state index contributed by atoms with van der Waals surface area (Å²) in [6.45, 7) is 7.69. The van der Waals surface area contributed by atoms with Gasteiger partial charge < -0.3 is 14.2 Å². The third kappa shape index (κ3) is 57.9. The largest absolute Gasteiger partial charge is 0.462 e. The van der Waals surface area contributed by atoms with Gasteiger partial charge in [-0.3, -0.25) is 9.59 Å². The second-order valence-corrected chi connectivity index (χ2v) is 20.2. The zero-order chi connectivity index (χ0) is 50.6. The molecular weight excluding hydrogens is 861 g/mol. The van der Waals surface area contributed by atoms with E-state index < -0.39 is 6.10 Å². The molecule has 0 aliphatic heterocycles. The molecule has 5 heteroatoms. The van der Waals surface area contributed by atoms with Crippen LogP contribution >= 0.6 is 0 Å². The summed E-state index contributed by atoms with van der Waals surface area (Å²) in [5.41, 5.74) is 0.